The summed E-state index contributed by atoms with van der Waals surface area (Å²) in [4.78, 5) is 1.05. The van der Waals surface area contributed by atoms with E-state index in [9.17, 15) is 4.39 Å². The quantitative estimate of drug-likeness (QED) is 0.657. The van der Waals surface area contributed by atoms with Crippen LogP contribution in [-0.4, -0.2) is 36.3 Å². The molecule has 1 atom stereocenters. The summed E-state index contributed by atoms with van der Waals surface area (Å²) in [5, 5.41) is 7.82. The van der Waals surface area contributed by atoms with Gasteiger partial charge in [-0.2, -0.15) is 5.10 Å². The van der Waals surface area contributed by atoms with Crippen LogP contribution in [-0.2, 0) is 4.74 Å². The normalized spacial score (nSPS) is 17.2. The maximum absolute atomic E-state index is 13.4. The number of thiocarbonyl (C=S) groups is 1. The Morgan fingerprint density at radius 3 is 3.14 bits per heavy atom. The van der Waals surface area contributed by atoms with E-state index in [1.165, 1.54) is 12.1 Å². The van der Waals surface area contributed by atoms with Crippen LogP contribution in [0.5, 0.6) is 0 Å². The Morgan fingerprint density at radius 2 is 2.38 bits per heavy atom. The number of nitrogens with one attached hydrogen (secondary N) is 2. The molecule has 4 nitrogen and oxygen atoms in total. The number of hydrogen-bond donors (Lipinski definition) is 2. The molecule has 1 aromatic carbocycles. The number of benzene rings is 1. The molecule has 0 bridgehead atoms. The molecule has 0 saturated heterocycles. The van der Waals surface area contributed by atoms with Crippen molar-refractivity contribution in [1.29, 1.82) is 0 Å². The maximum Gasteiger partial charge on any atom is 0.187 e. The number of hydrazone groups is 1. The predicted molar refractivity (Wildman–Crippen MR) is 88.5 cm³/mol. The molecule has 0 radical (unpaired) electrons. The van der Waals surface area contributed by atoms with Crippen molar-refractivity contribution in [3.05, 3.63) is 29.6 Å². The van der Waals surface area contributed by atoms with Gasteiger partial charge in [0.15, 0.2) is 5.11 Å². The van der Waals surface area contributed by atoms with Gasteiger partial charge in [0, 0.05) is 35.8 Å². The second-order valence-electron chi connectivity index (χ2n) is 4.74. The average molecular weight is 327 g/mol. The zero-order valence-electron chi connectivity index (χ0n) is 12.0. The van der Waals surface area contributed by atoms with E-state index < -0.39 is 0 Å². The third-order valence-corrected chi connectivity index (χ3v) is 4.22. The van der Waals surface area contributed by atoms with E-state index in [1.807, 2.05) is 6.92 Å². The molecule has 1 heterocycles. The van der Waals surface area contributed by atoms with Gasteiger partial charge in [-0.05, 0) is 37.3 Å². The molecule has 1 aromatic rings. The van der Waals surface area contributed by atoms with E-state index in [0.29, 0.717) is 11.7 Å². The minimum Gasteiger partial charge on any atom is -0.383 e. The second kappa shape index (κ2) is 7.72. The molecule has 21 heavy (non-hydrogen) atoms. The van der Waals surface area contributed by atoms with Crippen LogP contribution in [0.1, 0.15) is 18.9 Å². The number of ether oxygens (including phenoxy) is 1. The van der Waals surface area contributed by atoms with Crippen molar-refractivity contribution in [1.82, 2.24) is 10.7 Å². The molecule has 2 rings (SSSR count). The smallest absolute Gasteiger partial charge is 0.187 e. The predicted octanol–water partition coefficient (Wildman–Crippen LogP) is 2.52. The van der Waals surface area contributed by atoms with Gasteiger partial charge >= 0.3 is 0 Å². The van der Waals surface area contributed by atoms with Gasteiger partial charge in [0.25, 0.3) is 0 Å². The van der Waals surface area contributed by atoms with E-state index in [4.69, 9.17) is 17.0 Å². The summed E-state index contributed by atoms with van der Waals surface area (Å²) in [6, 6.07) is 4.88. The van der Waals surface area contributed by atoms with Gasteiger partial charge in [-0.25, -0.2) is 4.39 Å². The van der Waals surface area contributed by atoms with Crippen LogP contribution in [0, 0.1) is 5.82 Å². The Morgan fingerprint density at radius 1 is 1.57 bits per heavy atom. The molecule has 0 unspecified atom stereocenters. The number of nitrogens with zero attached hydrogens (tertiary/aromatic N) is 1. The molecule has 2 N–H and O–H groups in total. The molecular formula is C14H18FN3OS2. The second-order valence-corrected chi connectivity index (χ2v) is 6.28. The van der Waals surface area contributed by atoms with Crippen LogP contribution in [0.2, 0.25) is 0 Å². The molecule has 1 aliphatic heterocycles. The average Bonchev–Trinajstić information content (AvgIpc) is 2.45. The van der Waals surface area contributed by atoms with Gasteiger partial charge in [-0.3, -0.25) is 5.43 Å². The van der Waals surface area contributed by atoms with Crippen molar-refractivity contribution < 1.29 is 9.13 Å². The minimum atomic E-state index is -0.252. The van der Waals surface area contributed by atoms with Crippen LogP contribution >= 0.6 is 24.0 Å². The summed E-state index contributed by atoms with van der Waals surface area (Å²) in [5.41, 5.74) is 4.49. The van der Waals surface area contributed by atoms with Gasteiger partial charge in [-0.1, -0.05) is 0 Å². The SMILES string of the molecule is COC[C@@H](C)NC(=S)N/N=C1/CCSc2ccc(F)cc21. The van der Waals surface area contributed by atoms with Gasteiger partial charge in [-0.15, -0.1) is 11.8 Å². The summed E-state index contributed by atoms with van der Waals surface area (Å²) in [6.45, 7) is 2.52. The van der Waals surface area contributed by atoms with Crippen molar-refractivity contribution in [2.75, 3.05) is 19.5 Å². The first-order valence-electron chi connectivity index (χ1n) is 6.65. The highest BCUT2D eigenvalue weighted by atomic mass is 32.2. The van der Waals surface area contributed by atoms with E-state index in [0.717, 1.165) is 28.3 Å². The zero-order chi connectivity index (χ0) is 15.2. The summed E-state index contributed by atoms with van der Waals surface area (Å²) >= 11 is 6.89. The molecule has 0 saturated carbocycles. The lowest BCUT2D eigenvalue weighted by Crippen LogP contribution is -2.41. The third-order valence-electron chi connectivity index (χ3n) is 2.94. The number of halogens is 1. The zero-order valence-corrected chi connectivity index (χ0v) is 13.6. The first-order chi connectivity index (χ1) is 10.1. The highest BCUT2D eigenvalue weighted by molar-refractivity contribution is 7.99. The lowest BCUT2D eigenvalue weighted by atomic mass is 10.1. The van der Waals surface area contributed by atoms with Gasteiger partial charge in [0.05, 0.1) is 12.3 Å². The van der Waals surface area contributed by atoms with Gasteiger partial charge in [0.1, 0.15) is 5.82 Å². The molecule has 0 fully saturated rings. The fourth-order valence-electron chi connectivity index (χ4n) is 2.03. The van der Waals surface area contributed by atoms with Crippen LogP contribution in [0.15, 0.2) is 28.2 Å². The third kappa shape index (κ3) is 4.66. The van der Waals surface area contributed by atoms with Crippen molar-refractivity contribution in [3.8, 4) is 0 Å². The number of hydrogen-bond acceptors (Lipinski definition) is 4. The van der Waals surface area contributed by atoms with Gasteiger partial charge < -0.3 is 10.1 Å². The number of rotatable bonds is 4. The van der Waals surface area contributed by atoms with E-state index >= 15 is 0 Å². The summed E-state index contributed by atoms with van der Waals surface area (Å²) in [6.07, 6.45) is 0.782. The maximum atomic E-state index is 13.4. The molecule has 0 spiro atoms. The molecule has 114 valence electrons. The Bertz CT molecular complexity index is 551. The highest BCUT2D eigenvalue weighted by Gasteiger charge is 2.17. The number of fused-ring (bicyclic) bond motifs is 1. The van der Waals surface area contributed by atoms with Crippen molar-refractivity contribution in [2.45, 2.75) is 24.3 Å². The molecule has 1 aliphatic rings. The lowest BCUT2D eigenvalue weighted by Gasteiger charge is -2.18. The van der Waals surface area contributed by atoms with Crippen LogP contribution in [0.4, 0.5) is 4.39 Å². The molecule has 0 aliphatic carbocycles. The van der Waals surface area contributed by atoms with Crippen molar-refractivity contribution in [3.63, 3.8) is 0 Å². The Kier molecular flexibility index (Phi) is 5.96. The van der Waals surface area contributed by atoms with Crippen molar-refractivity contribution >= 4 is 34.8 Å². The summed E-state index contributed by atoms with van der Waals surface area (Å²) in [7, 11) is 1.64. The van der Waals surface area contributed by atoms with Crippen LogP contribution in [0.25, 0.3) is 0 Å². The lowest BCUT2D eigenvalue weighted by molar-refractivity contribution is 0.179. The Labute approximate surface area is 133 Å². The summed E-state index contributed by atoms with van der Waals surface area (Å²) in [5.74, 6) is 0.678. The fourth-order valence-corrected chi connectivity index (χ4v) is 3.29. The Balaban J connectivity index is 2.03. The number of methoxy groups -OCH3 is 1. The molecule has 7 heteroatoms. The van der Waals surface area contributed by atoms with E-state index in [1.54, 1.807) is 24.9 Å². The van der Waals surface area contributed by atoms with E-state index in [-0.39, 0.29) is 11.9 Å². The largest absolute Gasteiger partial charge is 0.383 e. The Hall–Kier alpha value is -1.18. The highest BCUT2D eigenvalue weighted by Crippen LogP contribution is 2.30. The first-order valence-corrected chi connectivity index (χ1v) is 8.04. The molecule has 0 amide bonds. The topological polar surface area (TPSA) is 45.6 Å². The number of thioether (sulfide) groups is 1. The van der Waals surface area contributed by atoms with Crippen molar-refractivity contribution in [2.24, 2.45) is 5.10 Å². The molecule has 0 aromatic heterocycles. The van der Waals surface area contributed by atoms with Gasteiger partial charge in [0.2, 0.25) is 0 Å². The van der Waals surface area contributed by atoms with E-state index in [2.05, 4.69) is 15.8 Å². The molecular weight excluding hydrogens is 309 g/mol. The standard InChI is InChI=1S/C14H18FN3OS2/c1-9(8-19-2)16-14(20)18-17-12-5-6-21-13-4-3-10(15)7-11(12)13/h3-4,7,9H,5-6,8H2,1-2H3,(H2,16,18,20)/b17-12-/t9-/m1/s1. The fraction of sp³-hybridized carbons (Fsp3) is 0.429. The summed E-state index contributed by atoms with van der Waals surface area (Å²) < 4.78 is 18.4. The monoisotopic (exact) mass is 327 g/mol. The van der Waals surface area contributed by atoms with Crippen LogP contribution < -0.4 is 10.7 Å². The van der Waals surface area contributed by atoms with Crippen LogP contribution in [0.3, 0.4) is 0 Å². The first kappa shape index (κ1) is 16.2. The minimum absolute atomic E-state index is 0.0989.